The van der Waals surface area contributed by atoms with Gasteiger partial charge in [-0.2, -0.15) is 5.10 Å². The number of hydrogen-bond donors (Lipinski definition) is 1. The highest BCUT2D eigenvalue weighted by atomic mass is 79.9. The normalized spacial score (nSPS) is 13.0. The number of hydrogen-bond acceptors (Lipinski definition) is 6. The number of pyridine rings is 1. The Kier molecular flexibility index (Phi) is 4.95. The Labute approximate surface area is 151 Å². The number of carbonyl (C=O) groups is 1. The number of nitrogens with zero attached hydrogens (tertiary/aromatic N) is 5. The highest BCUT2D eigenvalue weighted by Crippen LogP contribution is 2.26. The molecule has 0 spiro atoms. The maximum absolute atomic E-state index is 12.4. The second-order valence-corrected chi connectivity index (χ2v) is 6.21. The molecule has 11 heteroatoms. The molecule has 0 aliphatic carbocycles. The van der Waals surface area contributed by atoms with Crippen molar-refractivity contribution in [2.75, 3.05) is 19.0 Å². The molecule has 0 saturated carbocycles. The van der Waals surface area contributed by atoms with Gasteiger partial charge in [0.25, 0.3) is 0 Å². The van der Waals surface area contributed by atoms with Crippen LogP contribution in [0.4, 0.5) is 16.3 Å². The van der Waals surface area contributed by atoms with Crippen LogP contribution in [-0.4, -0.2) is 44.3 Å². The Morgan fingerprint density at radius 2 is 2.28 bits per heavy atom. The zero-order valence-corrected chi connectivity index (χ0v) is 14.9. The zero-order valence-electron chi connectivity index (χ0n) is 13.3. The summed E-state index contributed by atoms with van der Waals surface area (Å²) in [7, 11) is 1.62. The molecule has 2 amide bonds. The van der Waals surface area contributed by atoms with Crippen molar-refractivity contribution in [3.8, 4) is 0 Å². The first-order chi connectivity index (χ1) is 12.0. The highest BCUT2D eigenvalue weighted by Gasteiger charge is 2.28. The summed E-state index contributed by atoms with van der Waals surface area (Å²) in [6.45, 7) is 1.92. The molecule has 0 unspecified atom stereocenters. The average molecular weight is 411 g/mol. The lowest BCUT2D eigenvalue weighted by Crippen LogP contribution is -2.31. The molecule has 3 heterocycles. The van der Waals surface area contributed by atoms with E-state index in [-0.39, 0.29) is 11.5 Å². The fraction of sp³-hybridized carbons (Fsp3) is 0.357. The third kappa shape index (κ3) is 3.77. The summed E-state index contributed by atoms with van der Waals surface area (Å²) in [5.41, 5.74) is 1.49. The molecule has 0 bridgehead atoms. The van der Waals surface area contributed by atoms with Crippen molar-refractivity contribution < 1.29 is 14.5 Å². The molecule has 25 heavy (non-hydrogen) atoms. The van der Waals surface area contributed by atoms with Crippen molar-refractivity contribution in [3.05, 3.63) is 44.3 Å². The molecule has 2 aromatic heterocycles. The second kappa shape index (κ2) is 7.15. The molecular weight excluding hydrogens is 396 g/mol. The molecule has 1 N–H and O–H groups in total. The Hall–Kier alpha value is -2.53. The van der Waals surface area contributed by atoms with Gasteiger partial charge in [0.2, 0.25) is 5.82 Å². The molecule has 3 rings (SSSR count). The molecule has 132 valence electrons. The molecule has 2 aromatic rings. The van der Waals surface area contributed by atoms with E-state index in [0.717, 1.165) is 11.3 Å². The number of methoxy groups -OCH3 is 1. The van der Waals surface area contributed by atoms with E-state index in [1.165, 1.54) is 17.0 Å². The van der Waals surface area contributed by atoms with Gasteiger partial charge < -0.3 is 9.64 Å². The summed E-state index contributed by atoms with van der Waals surface area (Å²) >= 11 is 3.14. The zero-order chi connectivity index (χ0) is 18.0. The molecule has 0 fully saturated rings. The van der Waals surface area contributed by atoms with E-state index in [1.807, 2.05) is 6.20 Å². The van der Waals surface area contributed by atoms with Crippen molar-refractivity contribution >= 4 is 33.5 Å². The summed E-state index contributed by atoms with van der Waals surface area (Å²) in [6, 6.07) is 2.27. The monoisotopic (exact) mass is 410 g/mol. The minimum Gasteiger partial charge on any atom is -0.383 e. The Morgan fingerprint density at radius 3 is 2.96 bits per heavy atom. The van der Waals surface area contributed by atoms with Crippen LogP contribution in [0.25, 0.3) is 0 Å². The molecule has 0 radical (unpaired) electrons. The fourth-order valence-electron chi connectivity index (χ4n) is 2.50. The van der Waals surface area contributed by atoms with Gasteiger partial charge in [0.1, 0.15) is 4.60 Å². The number of nitro groups is 1. The lowest BCUT2D eigenvalue weighted by molar-refractivity contribution is -0.384. The smallest absolute Gasteiger partial charge is 0.323 e. The van der Waals surface area contributed by atoms with Crippen molar-refractivity contribution in [1.82, 2.24) is 19.7 Å². The third-order valence-electron chi connectivity index (χ3n) is 3.70. The van der Waals surface area contributed by atoms with Gasteiger partial charge in [-0.3, -0.25) is 20.1 Å². The van der Waals surface area contributed by atoms with Crippen molar-refractivity contribution in [1.29, 1.82) is 0 Å². The minimum atomic E-state index is -0.589. The van der Waals surface area contributed by atoms with Crippen molar-refractivity contribution in [3.63, 3.8) is 0 Å². The lowest BCUT2D eigenvalue weighted by atomic mass is 10.3. The van der Waals surface area contributed by atoms with Crippen LogP contribution in [0.3, 0.4) is 0 Å². The van der Waals surface area contributed by atoms with E-state index in [2.05, 4.69) is 31.3 Å². The number of nitrogens with one attached hydrogen (secondary N) is 1. The van der Waals surface area contributed by atoms with Gasteiger partial charge in [0.15, 0.2) is 0 Å². The number of fused-ring (bicyclic) bond motifs is 1. The topological polar surface area (TPSA) is 115 Å². The van der Waals surface area contributed by atoms with E-state index < -0.39 is 11.0 Å². The van der Waals surface area contributed by atoms with Crippen LogP contribution in [0.5, 0.6) is 0 Å². The number of ether oxygens (including phenoxy) is 1. The highest BCUT2D eigenvalue weighted by molar-refractivity contribution is 9.10. The van der Waals surface area contributed by atoms with Gasteiger partial charge in [0.05, 0.1) is 36.9 Å². The van der Waals surface area contributed by atoms with Gasteiger partial charge in [-0.05, 0) is 22.0 Å². The number of urea groups is 1. The molecule has 1 aliphatic rings. The third-order valence-corrected chi connectivity index (χ3v) is 4.14. The maximum atomic E-state index is 12.4. The summed E-state index contributed by atoms with van der Waals surface area (Å²) in [6.07, 6.45) is 1.88. The number of anilines is 1. The van der Waals surface area contributed by atoms with E-state index in [1.54, 1.807) is 11.8 Å². The van der Waals surface area contributed by atoms with Crippen LogP contribution in [0.1, 0.15) is 11.3 Å². The van der Waals surface area contributed by atoms with Gasteiger partial charge >= 0.3 is 11.7 Å². The van der Waals surface area contributed by atoms with Crippen LogP contribution in [-0.2, 0) is 24.4 Å². The predicted octanol–water partition coefficient (Wildman–Crippen LogP) is 2.14. The lowest BCUT2D eigenvalue weighted by Gasteiger charge is -2.16. The summed E-state index contributed by atoms with van der Waals surface area (Å²) < 4.78 is 7.19. The van der Waals surface area contributed by atoms with E-state index in [9.17, 15) is 14.9 Å². The van der Waals surface area contributed by atoms with Crippen LogP contribution in [0.15, 0.2) is 22.9 Å². The van der Waals surface area contributed by atoms with E-state index in [0.29, 0.717) is 30.8 Å². The Bertz CT molecular complexity index is 800. The summed E-state index contributed by atoms with van der Waals surface area (Å²) in [4.78, 5) is 28.4. The first-order valence-electron chi connectivity index (χ1n) is 7.39. The molecule has 0 atom stereocenters. The number of aromatic nitrogens is 3. The van der Waals surface area contributed by atoms with Crippen molar-refractivity contribution in [2.45, 2.75) is 19.6 Å². The summed E-state index contributed by atoms with van der Waals surface area (Å²) in [5.74, 6) is -0.0981. The van der Waals surface area contributed by atoms with Crippen LogP contribution >= 0.6 is 15.9 Å². The van der Waals surface area contributed by atoms with Crippen LogP contribution in [0, 0.1) is 10.1 Å². The number of rotatable bonds is 5. The van der Waals surface area contributed by atoms with E-state index >= 15 is 0 Å². The Balaban J connectivity index is 1.68. The number of amides is 2. The quantitative estimate of drug-likeness (QED) is 0.458. The molecule has 10 nitrogen and oxygen atoms in total. The second-order valence-electron chi connectivity index (χ2n) is 5.40. The van der Waals surface area contributed by atoms with Gasteiger partial charge in [0, 0.05) is 24.9 Å². The average Bonchev–Trinajstić information content (AvgIpc) is 3.11. The number of halogens is 1. The van der Waals surface area contributed by atoms with Crippen LogP contribution in [0.2, 0.25) is 0 Å². The molecule has 1 aliphatic heterocycles. The first-order valence-corrected chi connectivity index (χ1v) is 8.18. The predicted molar refractivity (Wildman–Crippen MR) is 91.0 cm³/mol. The van der Waals surface area contributed by atoms with Crippen LogP contribution < -0.4 is 5.32 Å². The van der Waals surface area contributed by atoms with Crippen molar-refractivity contribution in [2.24, 2.45) is 0 Å². The first kappa shape index (κ1) is 17.3. The molecule has 0 aromatic carbocycles. The number of carbonyl (C=O) groups excluding carboxylic acids is 1. The largest absolute Gasteiger partial charge is 0.383 e. The van der Waals surface area contributed by atoms with Gasteiger partial charge in [-0.1, -0.05) is 0 Å². The molecular formula is C14H15BrN6O4. The van der Waals surface area contributed by atoms with Gasteiger partial charge in [-0.25, -0.2) is 9.78 Å². The standard InChI is InChI=1S/C14H15BrN6O4/c1-25-5-4-20-7-9-6-19(8-10(9)18-20)14(22)17-13-11(21(23)24)2-3-12(15)16-13/h2-3,7H,4-6,8H2,1H3,(H,16,17,22). The Morgan fingerprint density at radius 1 is 1.48 bits per heavy atom. The minimum absolute atomic E-state index is 0.0981. The van der Waals surface area contributed by atoms with E-state index in [4.69, 9.17) is 4.74 Å². The summed E-state index contributed by atoms with van der Waals surface area (Å²) in [5, 5.41) is 18.0. The van der Waals surface area contributed by atoms with Gasteiger partial charge in [-0.15, -0.1) is 0 Å². The maximum Gasteiger partial charge on any atom is 0.323 e. The molecule has 0 saturated heterocycles. The SMILES string of the molecule is COCCn1cc2c(n1)CN(C(=O)Nc1nc(Br)ccc1[N+](=O)[O-])C2. The fourth-order valence-corrected chi connectivity index (χ4v) is 2.81.